The molecule has 24 heavy (non-hydrogen) atoms. The summed E-state index contributed by atoms with van der Waals surface area (Å²) >= 11 is 0. The summed E-state index contributed by atoms with van der Waals surface area (Å²) in [7, 11) is 0. The lowest BCUT2D eigenvalue weighted by Crippen LogP contribution is -2.00. The van der Waals surface area contributed by atoms with Gasteiger partial charge in [-0.2, -0.15) is 0 Å². The molecule has 3 nitrogen and oxygen atoms in total. The van der Waals surface area contributed by atoms with E-state index < -0.39 is 0 Å². The van der Waals surface area contributed by atoms with Crippen molar-refractivity contribution < 1.29 is 4.42 Å². The van der Waals surface area contributed by atoms with Crippen molar-refractivity contribution in [1.29, 1.82) is 0 Å². The smallest absolute Gasteiger partial charge is 0.227 e. The summed E-state index contributed by atoms with van der Waals surface area (Å²) in [6, 6.07) is 24.4. The zero-order valence-electron chi connectivity index (χ0n) is 13.5. The second kappa shape index (κ2) is 6.20. The number of oxazole rings is 1. The van der Waals surface area contributed by atoms with E-state index in [1.54, 1.807) is 0 Å². The molecule has 0 unspecified atom stereocenters. The first-order chi connectivity index (χ1) is 11.8. The van der Waals surface area contributed by atoms with Crippen molar-refractivity contribution in [3.05, 3.63) is 83.9 Å². The van der Waals surface area contributed by atoms with E-state index in [9.17, 15) is 0 Å². The lowest BCUT2D eigenvalue weighted by molar-refractivity contribution is 0.620. The molecular formula is C21H18N2O. The van der Waals surface area contributed by atoms with Crippen molar-refractivity contribution in [3.8, 4) is 11.5 Å². The van der Waals surface area contributed by atoms with Gasteiger partial charge in [0.25, 0.3) is 0 Å². The largest absolute Gasteiger partial charge is 0.436 e. The fourth-order valence-electron chi connectivity index (χ4n) is 2.73. The quantitative estimate of drug-likeness (QED) is 0.547. The zero-order valence-corrected chi connectivity index (χ0v) is 13.5. The van der Waals surface area contributed by atoms with Crippen LogP contribution in [0, 0.1) is 6.92 Å². The molecule has 0 saturated carbocycles. The highest BCUT2D eigenvalue weighted by Crippen LogP contribution is 2.25. The van der Waals surface area contributed by atoms with E-state index in [-0.39, 0.29) is 0 Å². The second-order valence-electron chi connectivity index (χ2n) is 5.84. The maximum atomic E-state index is 5.81. The molecular weight excluding hydrogens is 296 g/mol. The van der Waals surface area contributed by atoms with Gasteiger partial charge < -0.3 is 9.73 Å². The molecule has 1 heterocycles. The number of anilines is 1. The number of nitrogens with zero attached hydrogens (tertiary/aromatic N) is 1. The molecule has 1 aromatic heterocycles. The Labute approximate surface area is 141 Å². The Balaban J connectivity index is 1.51. The summed E-state index contributed by atoms with van der Waals surface area (Å²) in [5.74, 6) is 0.654. The van der Waals surface area contributed by atoms with Gasteiger partial charge in [-0.1, -0.05) is 36.4 Å². The molecule has 3 heteroatoms. The van der Waals surface area contributed by atoms with Crippen molar-refractivity contribution in [3.63, 3.8) is 0 Å². The lowest BCUT2D eigenvalue weighted by Gasteiger charge is -2.09. The summed E-state index contributed by atoms with van der Waals surface area (Å²) in [5, 5.41) is 3.46. The number of fused-ring (bicyclic) bond motifs is 1. The van der Waals surface area contributed by atoms with E-state index in [4.69, 9.17) is 4.42 Å². The van der Waals surface area contributed by atoms with Crippen LogP contribution in [-0.4, -0.2) is 4.98 Å². The van der Waals surface area contributed by atoms with Gasteiger partial charge in [-0.15, -0.1) is 0 Å². The molecule has 4 rings (SSSR count). The van der Waals surface area contributed by atoms with E-state index in [1.165, 1.54) is 11.1 Å². The monoisotopic (exact) mass is 314 g/mol. The number of aromatic nitrogens is 1. The minimum Gasteiger partial charge on any atom is -0.436 e. The van der Waals surface area contributed by atoms with E-state index in [1.807, 2.05) is 36.4 Å². The van der Waals surface area contributed by atoms with Crippen LogP contribution in [-0.2, 0) is 6.54 Å². The normalized spacial score (nSPS) is 10.9. The number of para-hydroxylation sites is 2. The highest BCUT2D eigenvalue weighted by molar-refractivity contribution is 5.76. The zero-order chi connectivity index (χ0) is 16.4. The summed E-state index contributed by atoms with van der Waals surface area (Å²) < 4.78 is 5.81. The molecule has 1 N–H and O–H groups in total. The van der Waals surface area contributed by atoms with Crippen molar-refractivity contribution in [2.45, 2.75) is 13.5 Å². The predicted molar refractivity (Wildman–Crippen MR) is 98.0 cm³/mol. The minimum atomic E-state index is 0.654. The molecule has 0 bridgehead atoms. The average Bonchev–Trinajstić information content (AvgIpc) is 3.06. The van der Waals surface area contributed by atoms with Crippen LogP contribution in [0.2, 0.25) is 0 Å². The van der Waals surface area contributed by atoms with Crippen LogP contribution >= 0.6 is 0 Å². The maximum absolute atomic E-state index is 5.81. The molecule has 4 aromatic rings. The third-order valence-corrected chi connectivity index (χ3v) is 4.17. The highest BCUT2D eigenvalue weighted by atomic mass is 16.3. The average molecular weight is 314 g/mol. The van der Waals surface area contributed by atoms with Crippen LogP contribution in [0.15, 0.2) is 77.2 Å². The lowest BCUT2D eigenvalue weighted by atomic mass is 10.1. The third kappa shape index (κ3) is 2.88. The number of nitrogens with one attached hydrogen (secondary N) is 1. The molecule has 0 aliphatic rings. The second-order valence-corrected chi connectivity index (χ2v) is 5.84. The van der Waals surface area contributed by atoms with Crippen LogP contribution in [0.5, 0.6) is 0 Å². The SMILES string of the molecule is Cc1ccccc1CNc1ccc(-c2nc3ccccc3o2)cc1. The molecule has 0 atom stereocenters. The Morgan fingerprint density at radius 1 is 0.875 bits per heavy atom. The summed E-state index contributed by atoms with van der Waals surface area (Å²) in [4.78, 5) is 4.53. The van der Waals surface area contributed by atoms with Gasteiger partial charge in [0.2, 0.25) is 5.89 Å². The number of aryl methyl sites for hydroxylation is 1. The standard InChI is InChI=1S/C21H18N2O/c1-15-6-2-3-7-17(15)14-22-18-12-10-16(11-13-18)21-23-19-8-4-5-9-20(19)24-21/h2-13,22H,14H2,1H3. The summed E-state index contributed by atoms with van der Waals surface area (Å²) in [6.45, 7) is 2.95. The van der Waals surface area contributed by atoms with Gasteiger partial charge in [0.1, 0.15) is 5.52 Å². The Kier molecular flexibility index (Phi) is 3.75. The molecule has 3 aromatic carbocycles. The Morgan fingerprint density at radius 2 is 1.62 bits per heavy atom. The first-order valence-corrected chi connectivity index (χ1v) is 8.04. The molecule has 0 amide bonds. The molecule has 0 spiro atoms. The first kappa shape index (κ1) is 14.5. The van der Waals surface area contributed by atoms with Crippen molar-refractivity contribution in [2.24, 2.45) is 0 Å². The highest BCUT2D eigenvalue weighted by Gasteiger charge is 2.07. The van der Waals surface area contributed by atoms with Crippen LogP contribution in [0.3, 0.4) is 0 Å². The third-order valence-electron chi connectivity index (χ3n) is 4.17. The van der Waals surface area contributed by atoms with Gasteiger partial charge in [0.05, 0.1) is 0 Å². The van der Waals surface area contributed by atoms with Gasteiger partial charge in [0.15, 0.2) is 5.58 Å². The number of rotatable bonds is 4. The molecule has 118 valence electrons. The molecule has 0 aliphatic heterocycles. The molecule has 0 aliphatic carbocycles. The summed E-state index contributed by atoms with van der Waals surface area (Å²) in [6.07, 6.45) is 0. The van der Waals surface area contributed by atoms with E-state index >= 15 is 0 Å². The van der Waals surface area contributed by atoms with Crippen molar-refractivity contribution >= 4 is 16.8 Å². The van der Waals surface area contributed by atoms with Gasteiger partial charge in [-0.05, 0) is 54.4 Å². The maximum Gasteiger partial charge on any atom is 0.227 e. The van der Waals surface area contributed by atoms with Crippen LogP contribution < -0.4 is 5.32 Å². The fourth-order valence-corrected chi connectivity index (χ4v) is 2.73. The Morgan fingerprint density at radius 3 is 2.42 bits per heavy atom. The van der Waals surface area contributed by atoms with Crippen molar-refractivity contribution in [2.75, 3.05) is 5.32 Å². The number of hydrogen-bond donors (Lipinski definition) is 1. The van der Waals surface area contributed by atoms with Gasteiger partial charge >= 0.3 is 0 Å². The van der Waals surface area contributed by atoms with E-state index in [2.05, 4.69) is 53.6 Å². The minimum absolute atomic E-state index is 0.654. The topological polar surface area (TPSA) is 38.1 Å². The van der Waals surface area contributed by atoms with E-state index in [0.717, 1.165) is 28.9 Å². The van der Waals surface area contributed by atoms with Crippen LogP contribution in [0.25, 0.3) is 22.6 Å². The van der Waals surface area contributed by atoms with Gasteiger partial charge in [-0.25, -0.2) is 4.98 Å². The van der Waals surface area contributed by atoms with Gasteiger partial charge in [-0.3, -0.25) is 0 Å². The van der Waals surface area contributed by atoms with Crippen LogP contribution in [0.1, 0.15) is 11.1 Å². The number of benzene rings is 3. The van der Waals surface area contributed by atoms with Gasteiger partial charge in [0, 0.05) is 17.8 Å². The summed E-state index contributed by atoms with van der Waals surface area (Å²) in [5.41, 5.74) is 6.36. The molecule has 0 radical (unpaired) electrons. The Hall–Kier alpha value is -3.07. The first-order valence-electron chi connectivity index (χ1n) is 8.04. The van der Waals surface area contributed by atoms with E-state index in [0.29, 0.717) is 5.89 Å². The Bertz CT molecular complexity index is 937. The molecule has 0 fully saturated rings. The fraction of sp³-hybridized carbons (Fsp3) is 0.0952. The number of hydrogen-bond acceptors (Lipinski definition) is 3. The van der Waals surface area contributed by atoms with Crippen molar-refractivity contribution in [1.82, 2.24) is 4.98 Å². The predicted octanol–water partition coefficient (Wildman–Crippen LogP) is 5.42. The molecule has 0 saturated heterocycles. The van der Waals surface area contributed by atoms with Crippen LogP contribution in [0.4, 0.5) is 5.69 Å².